The van der Waals surface area contributed by atoms with Crippen LogP contribution in [0.1, 0.15) is 48.7 Å². The van der Waals surface area contributed by atoms with Gasteiger partial charge in [0.25, 0.3) is 5.91 Å². The Morgan fingerprint density at radius 3 is 2.55 bits per heavy atom. The Labute approximate surface area is 195 Å². The van der Waals surface area contributed by atoms with Gasteiger partial charge in [0, 0.05) is 37.8 Å². The minimum atomic E-state index is -0.155. The van der Waals surface area contributed by atoms with Crippen LogP contribution in [0.4, 0.5) is 5.82 Å². The third kappa shape index (κ3) is 7.21. The van der Waals surface area contributed by atoms with Crippen molar-refractivity contribution in [2.45, 2.75) is 39.5 Å². The lowest BCUT2D eigenvalue weighted by atomic mass is 10.1. The van der Waals surface area contributed by atoms with Crippen molar-refractivity contribution in [3.05, 3.63) is 35.6 Å². The van der Waals surface area contributed by atoms with E-state index in [1.54, 1.807) is 43.2 Å². The smallest absolute Gasteiger partial charge is 0.254 e. The number of aromatic nitrogens is 1. The van der Waals surface area contributed by atoms with Gasteiger partial charge in [-0.05, 0) is 31.5 Å². The van der Waals surface area contributed by atoms with Crippen molar-refractivity contribution < 1.29 is 23.6 Å². The van der Waals surface area contributed by atoms with Gasteiger partial charge in [-0.2, -0.15) is 0 Å². The van der Waals surface area contributed by atoms with Gasteiger partial charge in [-0.1, -0.05) is 31.3 Å². The molecule has 1 aromatic heterocycles. The number of amides is 2. The van der Waals surface area contributed by atoms with E-state index in [1.807, 2.05) is 4.90 Å². The highest BCUT2D eigenvalue weighted by Crippen LogP contribution is 2.29. The number of unbranched alkanes of at least 4 members (excludes halogenated alkanes) is 3. The van der Waals surface area contributed by atoms with Gasteiger partial charge in [0.05, 0.1) is 20.3 Å². The summed E-state index contributed by atoms with van der Waals surface area (Å²) >= 11 is 0. The number of carbonyl (C=O) groups excluding carboxylic acids is 2. The summed E-state index contributed by atoms with van der Waals surface area (Å²) in [6, 6.07) is 7.00. The summed E-state index contributed by atoms with van der Waals surface area (Å²) in [5.41, 5.74) is 0.567. The molecule has 0 saturated carbocycles. The number of carbonyl (C=O) groups is 2. The summed E-state index contributed by atoms with van der Waals surface area (Å²) in [7, 11) is 1.58. The van der Waals surface area contributed by atoms with E-state index < -0.39 is 0 Å². The van der Waals surface area contributed by atoms with Crippen molar-refractivity contribution in [2.24, 2.45) is 0 Å². The molecule has 0 aliphatic carbocycles. The molecule has 1 fully saturated rings. The lowest BCUT2D eigenvalue weighted by Crippen LogP contribution is -2.50. The quantitative estimate of drug-likeness (QED) is 0.516. The highest BCUT2D eigenvalue weighted by Gasteiger charge is 2.24. The second kappa shape index (κ2) is 12.2. The first-order valence-electron chi connectivity index (χ1n) is 11.6. The molecule has 1 aromatic carbocycles. The second-order valence-electron chi connectivity index (χ2n) is 8.21. The third-order valence-electron chi connectivity index (χ3n) is 5.59. The van der Waals surface area contributed by atoms with Crippen LogP contribution in [0.15, 0.2) is 28.8 Å². The predicted octanol–water partition coefficient (Wildman–Crippen LogP) is 3.35. The highest BCUT2D eigenvalue weighted by atomic mass is 16.5. The van der Waals surface area contributed by atoms with Gasteiger partial charge in [0.2, 0.25) is 5.91 Å². The Morgan fingerprint density at radius 1 is 1.09 bits per heavy atom. The summed E-state index contributed by atoms with van der Waals surface area (Å²) in [5.74, 6) is 2.07. The lowest BCUT2D eigenvalue weighted by molar-refractivity contribution is -0.117. The van der Waals surface area contributed by atoms with E-state index in [-0.39, 0.29) is 18.4 Å². The van der Waals surface area contributed by atoms with Crippen LogP contribution in [-0.2, 0) is 4.79 Å². The molecular formula is C24H34N4O5. The number of hydrogen-bond acceptors (Lipinski definition) is 7. The van der Waals surface area contributed by atoms with Crippen LogP contribution < -0.4 is 14.8 Å². The normalized spacial score (nSPS) is 14.2. The van der Waals surface area contributed by atoms with Gasteiger partial charge in [-0.15, -0.1) is 0 Å². The van der Waals surface area contributed by atoms with E-state index in [4.69, 9.17) is 14.0 Å². The Hall–Kier alpha value is -3.07. The number of anilines is 1. The molecule has 2 heterocycles. The van der Waals surface area contributed by atoms with E-state index in [9.17, 15) is 9.59 Å². The zero-order chi connectivity index (χ0) is 23.6. The van der Waals surface area contributed by atoms with Crippen molar-refractivity contribution in [2.75, 3.05) is 51.8 Å². The largest absolute Gasteiger partial charge is 0.493 e. The minimum absolute atomic E-state index is 0.0510. The number of nitrogens with zero attached hydrogens (tertiary/aromatic N) is 3. The molecule has 1 aliphatic heterocycles. The van der Waals surface area contributed by atoms with E-state index in [1.165, 1.54) is 12.8 Å². The van der Waals surface area contributed by atoms with Crippen LogP contribution in [0.3, 0.4) is 0 Å². The first kappa shape index (κ1) is 24.6. The standard InChI is InChI=1S/C24H34N4O5/c1-4-5-6-7-14-32-20-9-8-19(16-21(20)31-3)24(30)28-12-10-27(11-13-28)17-23(29)25-22-15-18(2)33-26-22/h8-9,15-16H,4-7,10-14,17H2,1-3H3,(H,25,26,29). The Balaban J connectivity index is 1.47. The van der Waals surface area contributed by atoms with Crippen molar-refractivity contribution >= 4 is 17.6 Å². The molecule has 0 unspecified atom stereocenters. The number of aryl methyl sites for hydroxylation is 1. The summed E-state index contributed by atoms with van der Waals surface area (Å²) in [5, 5.41) is 6.49. The molecule has 0 spiro atoms. The molecule has 2 amide bonds. The molecule has 9 nitrogen and oxygen atoms in total. The van der Waals surface area contributed by atoms with Gasteiger partial charge in [0.1, 0.15) is 5.76 Å². The molecule has 1 saturated heterocycles. The molecule has 2 aromatic rings. The van der Waals surface area contributed by atoms with Gasteiger partial charge in [-0.3, -0.25) is 14.5 Å². The fourth-order valence-electron chi connectivity index (χ4n) is 3.73. The maximum absolute atomic E-state index is 13.0. The lowest BCUT2D eigenvalue weighted by Gasteiger charge is -2.34. The third-order valence-corrected chi connectivity index (χ3v) is 5.59. The SMILES string of the molecule is CCCCCCOc1ccc(C(=O)N2CCN(CC(=O)Nc3cc(C)on3)CC2)cc1OC. The second-order valence-corrected chi connectivity index (χ2v) is 8.21. The molecule has 1 aliphatic rings. The molecule has 33 heavy (non-hydrogen) atoms. The average Bonchev–Trinajstić information content (AvgIpc) is 3.23. The van der Waals surface area contributed by atoms with Gasteiger partial charge in [0.15, 0.2) is 17.3 Å². The van der Waals surface area contributed by atoms with E-state index in [0.717, 1.165) is 12.8 Å². The van der Waals surface area contributed by atoms with Crippen molar-refractivity contribution in [3.63, 3.8) is 0 Å². The van der Waals surface area contributed by atoms with Gasteiger partial charge >= 0.3 is 0 Å². The van der Waals surface area contributed by atoms with Crippen LogP contribution in [-0.4, -0.2) is 73.2 Å². The van der Waals surface area contributed by atoms with Crippen LogP contribution in [0.5, 0.6) is 11.5 Å². The zero-order valence-electron chi connectivity index (χ0n) is 19.8. The van der Waals surface area contributed by atoms with E-state index >= 15 is 0 Å². The number of rotatable bonds is 11. The van der Waals surface area contributed by atoms with Crippen molar-refractivity contribution in [1.29, 1.82) is 0 Å². The van der Waals surface area contributed by atoms with Crippen LogP contribution in [0, 0.1) is 6.92 Å². The molecule has 3 rings (SSSR count). The molecule has 180 valence electrons. The number of benzene rings is 1. The number of ether oxygens (including phenoxy) is 2. The molecular weight excluding hydrogens is 424 g/mol. The molecule has 9 heteroatoms. The first-order chi connectivity index (χ1) is 16.0. The average molecular weight is 459 g/mol. The number of hydrogen-bond donors (Lipinski definition) is 1. The minimum Gasteiger partial charge on any atom is -0.493 e. The van der Waals surface area contributed by atoms with Crippen molar-refractivity contribution in [3.8, 4) is 11.5 Å². The maximum Gasteiger partial charge on any atom is 0.254 e. The fraction of sp³-hybridized carbons (Fsp3) is 0.542. The number of piperazine rings is 1. The fourth-order valence-corrected chi connectivity index (χ4v) is 3.73. The maximum atomic E-state index is 13.0. The van der Waals surface area contributed by atoms with Crippen LogP contribution in [0.25, 0.3) is 0 Å². The monoisotopic (exact) mass is 458 g/mol. The summed E-state index contributed by atoms with van der Waals surface area (Å²) in [4.78, 5) is 29.0. The first-order valence-corrected chi connectivity index (χ1v) is 11.6. The van der Waals surface area contributed by atoms with Gasteiger partial charge in [-0.25, -0.2) is 0 Å². The van der Waals surface area contributed by atoms with Crippen molar-refractivity contribution in [1.82, 2.24) is 15.0 Å². The molecule has 0 atom stereocenters. The Bertz CT molecular complexity index is 921. The van der Waals surface area contributed by atoms with E-state index in [0.29, 0.717) is 61.4 Å². The molecule has 1 N–H and O–H groups in total. The highest BCUT2D eigenvalue weighted by molar-refractivity contribution is 5.95. The van der Waals surface area contributed by atoms with Gasteiger partial charge < -0.3 is 24.2 Å². The summed E-state index contributed by atoms with van der Waals surface area (Å²) < 4.78 is 16.3. The van der Waals surface area contributed by atoms with Crippen LogP contribution >= 0.6 is 0 Å². The summed E-state index contributed by atoms with van der Waals surface area (Å²) in [6.07, 6.45) is 4.53. The zero-order valence-corrected chi connectivity index (χ0v) is 19.8. The Kier molecular flexibility index (Phi) is 9.12. The Morgan fingerprint density at radius 2 is 1.88 bits per heavy atom. The van der Waals surface area contributed by atoms with Crippen LogP contribution in [0.2, 0.25) is 0 Å². The van der Waals surface area contributed by atoms with E-state index in [2.05, 4.69) is 17.4 Å². The number of nitrogens with one attached hydrogen (secondary N) is 1. The predicted molar refractivity (Wildman–Crippen MR) is 125 cm³/mol. The number of methoxy groups -OCH3 is 1. The molecule has 0 bridgehead atoms. The topological polar surface area (TPSA) is 97.1 Å². The molecule has 0 radical (unpaired) electrons. The summed E-state index contributed by atoms with van der Waals surface area (Å²) in [6.45, 7) is 7.16.